The van der Waals surface area contributed by atoms with Gasteiger partial charge in [0, 0.05) is 22.3 Å². The van der Waals surface area contributed by atoms with E-state index in [1.54, 1.807) is 18.2 Å². The Morgan fingerprint density at radius 2 is 2.00 bits per heavy atom. The molecule has 0 aliphatic heterocycles. The maximum Gasteiger partial charge on any atom is 0.405 e. The number of hydrogen-bond donors (Lipinski definition) is 0. The van der Waals surface area contributed by atoms with Crippen LogP contribution in [-0.2, 0) is 0 Å². The van der Waals surface area contributed by atoms with Crippen LogP contribution in [0, 0.1) is 0 Å². The summed E-state index contributed by atoms with van der Waals surface area (Å²) < 4.78 is 38.1. The molecule has 6 heteroatoms. The van der Waals surface area contributed by atoms with Crippen LogP contribution in [0.15, 0.2) is 22.7 Å². The van der Waals surface area contributed by atoms with E-state index in [4.69, 9.17) is 0 Å². The molecule has 2 nitrogen and oxygen atoms in total. The molecule has 1 rings (SSSR count). The van der Waals surface area contributed by atoms with Crippen molar-refractivity contribution in [3.05, 3.63) is 28.2 Å². The normalized spacial score (nSPS) is 11.5. The van der Waals surface area contributed by atoms with Crippen molar-refractivity contribution >= 4 is 27.4 Å². The van der Waals surface area contributed by atoms with Crippen LogP contribution in [0.5, 0.6) is 0 Å². The van der Waals surface area contributed by atoms with Crippen molar-refractivity contribution in [2.75, 3.05) is 18.0 Å². The van der Waals surface area contributed by atoms with Gasteiger partial charge < -0.3 is 4.90 Å². The molecule has 0 fully saturated rings. The summed E-state index contributed by atoms with van der Waals surface area (Å²) in [7, 11) is 0. The van der Waals surface area contributed by atoms with Crippen molar-refractivity contribution in [1.82, 2.24) is 0 Å². The highest BCUT2D eigenvalue weighted by Gasteiger charge is 2.30. The van der Waals surface area contributed by atoms with Crippen LogP contribution in [-0.4, -0.2) is 25.0 Å². The van der Waals surface area contributed by atoms with Crippen LogP contribution >= 0.6 is 15.9 Å². The second-order valence-electron chi connectivity index (χ2n) is 4.26. The molecule has 0 aliphatic carbocycles. The Labute approximate surface area is 118 Å². The summed E-state index contributed by atoms with van der Waals surface area (Å²) in [5.74, 6) is -0.128. The second kappa shape index (κ2) is 6.41. The molecule has 0 amide bonds. The molecule has 106 valence electrons. The van der Waals surface area contributed by atoms with Gasteiger partial charge in [-0.25, -0.2) is 0 Å². The number of anilines is 1. The van der Waals surface area contributed by atoms with Crippen molar-refractivity contribution in [2.45, 2.75) is 26.4 Å². The van der Waals surface area contributed by atoms with Gasteiger partial charge in [-0.1, -0.05) is 6.92 Å². The van der Waals surface area contributed by atoms with Gasteiger partial charge in [0.1, 0.15) is 6.54 Å². The fourth-order valence-electron chi connectivity index (χ4n) is 1.77. The Balaban J connectivity index is 3.03. The van der Waals surface area contributed by atoms with Crippen molar-refractivity contribution in [2.24, 2.45) is 0 Å². The molecule has 0 aliphatic rings. The highest BCUT2D eigenvalue weighted by atomic mass is 79.9. The fourth-order valence-corrected chi connectivity index (χ4v) is 2.42. The van der Waals surface area contributed by atoms with Crippen LogP contribution in [0.1, 0.15) is 30.6 Å². The summed E-state index contributed by atoms with van der Waals surface area (Å²) in [6, 6.07) is 4.64. The van der Waals surface area contributed by atoms with E-state index in [-0.39, 0.29) is 5.78 Å². The van der Waals surface area contributed by atoms with Gasteiger partial charge in [-0.3, -0.25) is 4.79 Å². The lowest BCUT2D eigenvalue weighted by molar-refractivity contribution is -0.119. The molecule has 0 unspecified atom stereocenters. The summed E-state index contributed by atoms with van der Waals surface area (Å²) in [5, 5.41) is 0. The number of benzene rings is 1. The highest BCUT2D eigenvalue weighted by Crippen LogP contribution is 2.27. The molecule has 0 heterocycles. The van der Waals surface area contributed by atoms with Gasteiger partial charge in [0.2, 0.25) is 0 Å². The summed E-state index contributed by atoms with van der Waals surface area (Å²) in [4.78, 5) is 12.5. The van der Waals surface area contributed by atoms with E-state index < -0.39 is 12.7 Å². The molecule has 19 heavy (non-hydrogen) atoms. The third-order valence-corrected chi connectivity index (χ3v) is 3.22. The number of halogens is 4. The molecule has 0 aromatic heterocycles. The molecular formula is C13H15BrF3NO. The Morgan fingerprint density at radius 1 is 1.37 bits per heavy atom. The topological polar surface area (TPSA) is 20.3 Å². The van der Waals surface area contributed by atoms with Crippen LogP contribution in [0.25, 0.3) is 0 Å². The highest BCUT2D eigenvalue weighted by molar-refractivity contribution is 9.10. The Bertz CT molecular complexity index is 460. The van der Waals surface area contributed by atoms with Gasteiger partial charge >= 0.3 is 6.18 Å². The lowest BCUT2D eigenvalue weighted by Crippen LogP contribution is -2.34. The van der Waals surface area contributed by atoms with E-state index >= 15 is 0 Å². The van der Waals surface area contributed by atoms with Crippen molar-refractivity contribution in [3.63, 3.8) is 0 Å². The molecular weight excluding hydrogens is 323 g/mol. The summed E-state index contributed by atoms with van der Waals surface area (Å²) >= 11 is 3.22. The van der Waals surface area contributed by atoms with Gasteiger partial charge in [-0.2, -0.15) is 13.2 Å². The first-order chi connectivity index (χ1) is 8.74. The van der Waals surface area contributed by atoms with E-state index in [9.17, 15) is 18.0 Å². The van der Waals surface area contributed by atoms with Crippen molar-refractivity contribution in [3.8, 4) is 0 Å². The monoisotopic (exact) mass is 337 g/mol. The maximum atomic E-state index is 12.5. The third kappa shape index (κ3) is 4.86. The van der Waals surface area contributed by atoms with E-state index in [2.05, 4.69) is 15.9 Å². The molecule has 0 bridgehead atoms. The molecule has 0 N–H and O–H groups in total. The molecule has 0 saturated heterocycles. The first-order valence-corrected chi connectivity index (χ1v) is 6.66. The van der Waals surface area contributed by atoms with E-state index in [1.807, 2.05) is 6.92 Å². The smallest absolute Gasteiger partial charge is 0.363 e. The summed E-state index contributed by atoms with van der Waals surface area (Å²) in [6.07, 6.45) is -3.64. The molecule has 0 radical (unpaired) electrons. The number of hydrogen-bond acceptors (Lipinski definition) is 2. The molecule has 0 saturated carbocycles. The van der Waals surface area contributed by atoms with Crippen LogP contribution in [0.3, 0.4) is 0 Å². The van der Waals surface area contributed by atoms with E-state index in [0.29, 0.717) is 28.7 Å². The lowest BCUT2D eigenvalue weighted by Gasteiger charge is -2.26. The van der Waals surface area contributed by atoms with Gasteiger partial charge in [-0.15, -0.1) is 0 Å². The van der Waals surface area contributed by atoms with Gasteiger partial charge in [0.05, 0.1) is 0 Å². The lowest BCUT2D eigenvalue weighted by atomic mass is 10.1. The first-order valence-electron chi connectivity index (χ1n) is 5.86. The number of ketones is 1. The van der Waals surface area contributed by atoms with Crippen LogP contribution in [0.4, 0.5) is 18.9 Å². The van der Waals surface area contributed by atoms with Crippen LogP contribution in [0.2, 0.25) is 0 Å². The number of nitrogens with zero attached hydrogens (tertiary/aromatic N) is 1. The number of carbonyl (C=O) groups is 1. The van der Waals surface area contributed by atoms with E-state index in [0.717, 1.165) is 0 Å². The Kier molecular flexibility index (Phi) is 5.40. The maximum absolute atomic E-state index is 12.5. The number of rotatable bonds is 5. The number of alkyl halides is 3. The van der Waals surface area contributed by atoms with Gasteiger partial charge in [0.25, 0.3) is 0 Å². The minimum Gasteiger partial charge on any atom is -0.363 e. The van der Waals surface area contributed by atoms with Crippen LogP contribution < -0.4 is 4.90 Å². The standard InChI is InChI=1S/C13H15BrF3NO/c1-3-6-18(8-13(15,16)17)10-4-5-11(9(2)19)12(14)7-10/h4-5,7H,3,6,8H2,1-2H3. The quantitative estimate of drug-likeness (QED) is 0.741. The zero-order chi connectivity index (χ0) is 14.6. The first kappa shape index (κ1) is 16.0. The average molecular weight is 338 g/mol. The zero-order valence-corrected chi connectivity index (χ0v) is 12.3. The van der Waals surface area contributed by atoms with E-state index in [1.165, 1.54) is 11.8 Å². The summed E-state index contributed by atoms with van der Waals surface area (Å²) in [6.45, 7) is 2.56. The molecule has 0 atom stereocenters. The van der Waals surface area contributed by atoms with Gasteiger partial charge in [-0.05, 0) is 47.5 Å². The fraction of sp³-hybridized carbons (Fsp3) is 0.462. The predicted molar refractivity (Wildman–Crippen MR) is 72.7 cm³/mol. The van der Waals surface area contributed by atoms with Crippen molar-refractivity contribution < 1.29 is 18.0 Å². The SMILES string of the molecule is CCCN(CC(F)(F)F)c1ccc(C(C)=O)c(Br)c1. The predicted octanol–water partition coefficient (Wildman–Crippen LogP) is 4.43. The largest absolute Gasteiger partial charge is 0.405 e. The van der Waals surface area contributed by atoms with Gasteiger partial charge in [0.15, 0.2) is 5.78 Å². The molecule has 1 aromatic rings. The second-order valence-corrected chi connectivity index (χ2v) is 5.11. The zero-order valence-electron chi connectivity index (χ0n) is 10.7. The average Bonchev–Trinajstić information content (AvgIpc) is 2.26. The molecule has 1 aromatic carbocycles. The Hall–Kier alpha value is -1.04. The minimum absolute atomic E-state index is 0.128. The van der Waals surface area contributed by atoms with Crippen molar-refractivity contribution in [1.29, 1.82) is 0 Å². The number of carbonyl (C=O) groups excluding carboxylic acids is 1. The summed E-state index contributed by atoms with van der Waals surface area (Å²) in [5.41, 5.74) is 0.920. The minimum atomic E-state index is -4.25. The Morgan fingerprint density at radius 3 is 2.42 bits per heavy atom. The third-order valence-electron chi connectivity index (χ3n) is 2.56. The molecule has 0 spiro atoms. The number of Topliss-reactive ketones (excluding diaryl/α,β-unsaturated/α-hetero) is 1.